The molecule has 0 saturated carbocycles. The fraction of sp³-hybridized carbons (Fsp3) is 0.938. The van der Waals surface area contributed by atoms with Crippen molar-refractivity contribution < 1.29 is 0 Å². The van der Waals surface area contributed by atoms with E-state index in [-0.39, 0.29) is 0 Å². The fourth-order valence-electron chi connectivity index (χ4n) is 4.85. The Labute approximate surface area is 211 Å². The maximum Gasteiger partial charge on any atom is -0.00159 e. The minimum absolute atomic E-state index is 1.22. The second-order valence-electron chi connectivity index (χ2n) is 10.6. The van der Waals surface area contributed by atoms with Crippen molar-refractivity contribution in [2.24, 2.45) is 0 Å². The van der Waals surface area contributed by atoms with Crippen LogP contribution in [-0.4, -0.2) is 24.5 Å². The monoisotopic (exact) mass is 464 g/mol. The summed E-state index contributed by atoms with van der Waals surface area (Å²) in [4.78, 5) is 2.67. The minimum Gasteiger partial charge on any atom is -0.304 e. The van der Waals surface area contributed by atoms with Gasteiger partial charge in [0.15, 0.2) is 0 Å². The van der Waals surface area contributed by atoms with Gasteiger partial charge in [0.05, 0.1) is 0 Å². The normalized spacial score (nSPS) is 11.9. The quantitative estimate of drug-likeness (QED) is 0.0823. The van der Waals surface area contributed by atoms with Crippen LogP contribution in [0.4, 0.5) is 0 Å². The van der Waals surface area contributed by atoms with Crippen molar-refractivity contribution in [3.05, 3.63) is 12.2 Å². The van der Waals surface area contributed by atoms with Crippen molar-refractivity contribution >= 4 is 0 Å². The van der Waals surface area contributed by atoms with Crippen LogP contribution in [0.1, 0.15) is 175 Å². The zero-order chi connectivity index (χ0) is 24.1. The standard InChI is InChI=1S/C32H65N/c1-4-7-9-11-13-15-17-18-19-20-21-22-24-26-28-30-32-33(6-3)31-29-27-25-23-16-14-12-10-8-5-2/h24,26H,4-23,25,27-32H2,1-3H3/b26-24+. The van der Waals surface area contributed by atoms with Crippen LogP contribution in [0.25, 0.3) is 0 Å². The zero-order valence-corrected chi connectivity index (χ0v) is 23.7. The van der Waals surface area contributed by atoms with E-state index in [4.69, 9.17) is 0 Å². The molecule has 0 bridgehead atoms. The first kappa shape index (κ1) is 32.7. The topological polar surface area (TPSA) is 3.24 Å². The van der Waals surface area contributed by atoms with Crippen LogP contribution in [0.2, 0.25) is 0 Å². The summed E-state index contributed by atoms with van der Waals surface area (Å²) in [7, 11) is 0. The van der Waals surface area contributed by atoms with E-state index in [0.717, 1.165) is 0 Å². The predicted octanol–water partition coefficient (Wildman–Crippen LogP) is 11.3. The first-order valence-corrected chi connectivity index (χ1v) is 15.7. The van der Waals surface area contributed by atoms with Crippen molar-refractivity contribution in [2.45, 2.75) is 175 Å². The van der Waals surface area contributed by atoms with Gasteiger partial charge in [-0.1, -0.05) is 155 Å². The molecule has 33 heavy (non-hydrogen) atoms. The Balaban J connectivity index is 3.33. The Hall–Kier alpha value is -0.300. The molecule has 0 radical (unpaired) electrons. The Morgan fingerprint density at radius 3 is 1.12 bits per heavy atom. The summed E-state index contributed by atoms with van der Waals surface area (Å²) in [5.41, 5.74) is 0. The average Bonchev–Trinajstić information content (AvgIpc) is 2.83. The molecule has 198 valence electrons. The lowest BCUT2D eigenvalue weighted by molar-refractivity contribution is 0.277. The largest absolute Gasteiger partial charge is 0.304 e. The maximum atomic E-state index is 2.67. The van der Waals surface area contributed by atoms with E-state index in [9.17, 15) is 0 Å². The lowest BCUT2D eigenvalue weighted by atomic mass is 10.1. The molecule has 0 unspecified atom stereocenters. The van der Waals surface area contributed by atoms with Gasteiger partial charge in [0.1, 0.15) is 0 Å². The number of allylic oxidation sites excluding steroid dienone is 2. The van der Waals surface area contributed by atoms with Crippen molar-refractivity contribution in [1.29, 1.82) is 0 Å². The fourth-order valence-corrected chi connectivity index (χ4v) is 4.85. The first-order valence-electron chi connectivity index (χ1n) is 15.7. The highest BCUT2D eigenvalue weighted by atomic mass is 15.1. The van der Waals surface area contributed by atoms with E-state index in [1.807, 2.05) is 0 Å². The molecule has 0 aliphatic carbocycles. The van der Waals surface area contributed by atoms with E-state index < -0.39 is 0 Å². The molecule has 0 fully saturated rings. The van der Waals surface area contributed by atoms with Gasteiger partial charge in [0, 0.05) is 0 Å². The van der Waals surface area contributed by atoms with Gasteiger partial charge < -0.3 is 4.90 Å². The molecule has 1 heteroatoms. The van der Waals surface area contributed by atoms with Gasteiger partial charge in [0.25, 0.3) is 0 Å². The van der Waals surface area contributed by atoms with E-state index in [1.54, 1.807) is 0 Å². The maximum absolute atomic E-state index is 2.67. The van der Waals surface area contributed by atoms with E-state index >= 15 is 0 Å². The first-order chi connectivity index (χ1) is 16.3. The Kier molecular flexibility index (Phi) is 29.5. The molecular formula is C32H65N. The summed E-state index contributed by atoms with van der Waals surface area (Å²) < 4.78 is 0. The third-order valence-corrected chi connectivity index (χ3v) is 7.26. The minimum atomic E-state index is 1.22. The number of nitrogens with zero attached hydrogens (tertiary/aromatic N) is 1. The summed E-state index contributed by atoms with van der Waals surface area (Å²) in [6.07, 6.45) is 39.1. The van der Waals surface area contributed by atoms with Gasteiger partial charge in [-0.15, -0.1) is 0 Å². The SMILES string of the molecule is CCCCCCCCCCCCC/C=C/CCCN(CC)CCCCCCCCCCCC. The second kappa shape index (κ2) is 29.7. The van der Waals surface area contributed by atoms with Crippen LogP contribution in [0.5, 0.6) is 0 Å². The highest BCUT2D eigenvalue weighted by Crippen LogP contribution is 2.13. The lowest BCUT2D eigenvalue weighted by Gasteiger charge is -2.19. The molecule has 0 aromatic carbocycles. The summed E-state index contributed by atoms with van der Waals surface area (Å²) in [6.45, 7) is 10.8. The van der Waals surface area contributed by atoms with Crippen LogP contribution in [0, 0.1) is 0 Å². The van der Waals surface area contributed by atoms with Crippen LogP contribution < -0.4 is 0 Å². The molecule has 0 atom stereocenters. The van der Waals surface area contributed by atoms with Crippen LogP contribution >= 0.6 is 0 Å². The van der Waals surface area contributed by atoms with Gasteiger partial charge in [-0.2, -0.15) is 0 Å². The van der Waals surface area contributed by atoms with E-state index in [2.05, 4.69) is 37.8 Å². The summed E-state index contributed by atoms with van der Waals surface area (Å²) in [5, 5.41) is 0. The highest BCUT2D eigenvalue weighted by Gasteiger charge is 2.01. The lowest BCUT2D eigenvalue weighted by Crippen LogP contribution is -2.25. The number of unbranched alkanes of at least 4 members (excludes halogenated alkanes) is 21. The van der Waals surface area contributed by atoms with Crippen LogP contribution in [0.15, 0.2) is 12.2 Å². The zero-order valence-electron chi connectivity index (χ0n) is 23.7. The number of rotatable bonds is 28. The van der Waals surface area contributed by atoms with Gasteiger partial charge in [-0.25, -0.2) is 0 Å². The molecule has 1 nitrogen and oxygen atoms in total. The molecule has 0 aromatic heterocycles. The third kappa shape index (κ3) is 27.8. The summed E-state index contributed by atoms with van der Waals surface area (Å²) >= 11 is 0. The van der Waals surface area contributed by atoms with E-state index in [1.165, 1.54) is 174 Å². The molecule has 0 spiro atoms. The van der Waals surface area contributed by atoms with Gasteiger partial charge in [-0.05, 0) is 51.7 Å². The number of hydrogen-bond donors (Lipinski definition) is 0. The molecule has 0 N–H and O–H groups in total. The molecule has 0 amide bonds. The van der Waals surface area contributed by atoms with Crippen molar-refractivity contribution in [2.75, 3.05) is 19.6 Å². The van der Waals surface area contributed by atoms with Crippen LogP contribution in [0.3, 0.4) is 0 Å². The van der Waals surface area contributed by atoms with Gasteiger partial charge in [-0.3, -0.25) is 0 Å². The molecule has 0 aliphatic rings. The predicted molar refractivity (Wildman–Crippen MR) is 153 cm³/mol. The van der Waals surface area contributed by atoms with Crippen molar-refractivity contribution in [1.82, 2.24) is 4.90 Å². The van der Waals surface area contributed by atoms with Crippen molar-refractivity contribution in [3.8, 4) is 0 Å². The van der Waals surface area contributed by atoms with E-state index in [0.29, 0.717) is 0 Å². The molecule has 0 rings (SSSR count). The third-order valence-electron chi connectivity index (χ3n) is 7.26. The summed E-state index contributed by atoms with van der Waals surface area (Å²) in [5.74, 6) is 0. The number of hydrogen-bond acceptors (Lipinski definition) is 1. The second-order valence-corrected chi connectivity index (χ2v) is 10.6. The van der Waals surface area contributed by atoms with Crippen LogP contribution in [-0.2, 0) is 0 Å². The average molecular weight is 464 g/mol. The molecule has 0 aromatic rings. The van der Waals surface area contributed by atoms with Gasteiger partial charge >= 0.3 is 0 Å². The van der Waals surface area contributed by atoms with Gasteiger partial charge in [0.2, 0.25) is 0 Å². The van der Waals surface area contributed by atoms with Crippen molar-refractivity contribution in [3.63, 3.8) is 0 Å². The Morgan fingerprint density at radius 1 is 0.364 bits per heavy atom. The molecule has 0 heterocycles. The summed E-state index contributed by atoms with van der Waals surface area (Å²) in [6, 6.07) is 0. The molecular weight excluding hydrogens is 398 g/mol. The smallest absolute Gasteiger partial charge is 0.00159 e. The molecule has 0 aliphatic heterocycles. The molecule has 0 saturated heterocycles. The Morgan fingerprint density at radius 2 is 0.697 bits per heavy atom. The highest BCUT2D eigenvalue weighted by molar-refractivity contribution is 4.81. The Bertz CT molecular complexity index is 362.